The molecule has 1 heterocycles. The molecule has 2 unspecified atom stereocenters. The minimum atomic E-state index is 0.347. The lowest BCUT2D eigenvalue weighted by molar-refractivity contribution is 0.129. The molecule has 18 heavy (non-hydrogen) atoms. The number of nitrogens with two attached hydrogens (primary N) is 1. The number of hydrogen-bond donors (Lipinski definition) is 1. The lowest BCUT2D eigenvalue weighted by Crippen LogP contribution is -2.14. The first-order valence-electron chi connectivity index (χ1n) is 6.40. The molecule has 0 amide bonds. The van der Waals surface area contributed by atoms with Gasteiger partial charge in [-0.25, -0.2) is 0 Å². The highest BCUT2D eigenvalue weighted by atomic mass is 32.2. The van der Waals surface area contributed by atoms with Crippen LogP contribution in [-0.2, 0) is 4.74 Å². The van der Waals surface area contributed by atoms with Crippen molar-refractivity contribution in [3.05, 3.63) is 29.8 Å². The van der Waals surface area contributed by atoms with E-state index in [4.69, 9.17) is 15.2 Å². The number of benzene rings is 1. The molecule has 0 aliphatic carbocycles. The summed E-state index contributed by atoms with van der Waals surface area (Å²) in [5.74, 6) is 1.92. The van der Waals surface area contributed by atoms with Gasteiger partial charge in [-0.15, -0.1) is 11.8 Å². The van der Waals surface area contributed by atoms with Crippen LogP contribution in [0.15, 0.2) is 24.3 Å². The minimum absolute atomic E-state index is 0.347. The number of rotatable bonds is 6. The van der Waals surface area contributed by atoms with E-state index in [1.807, 2.05) is 23.9 Å². The van der Waals surface area contributed by atoms with Crippen molar-refractivity contribution in [1.82, 2.24) is 0 Å². The van der Waals surface area contributed by atoms with Gasteiger partial charge in [0.15, 0.2) is 0 Å². The van der Waals surface area contributed by atoms with E-state index in [-0.39, 0.29) is 0 Å². The van der Waals surface area contributed by atoms with Crippen LogP contribution in [0.5, 0.6) is 5.75 Å². The molecule has 100 valence electrons. The van der Waals surface area contributed by atoms with E-state index in [9.17, 15) is 0 Å². The summed E-state index contributed by atoms with van der Waals surface area (Å²) in [6.45, 7) is 1.57. The first kappa shape index (κ1) is 13.7. The van der Waals surface area contributed by atoms with Crippen LogP contribution < -0.4 is 10.5 Å². The maximum Gasteiger partial charge on any atom is 0.118 e. The van der Waals surface area contributed by atoms with Crippen LogP contribution >= 0.6 is 11.8 Å². The van der Waals surface area contributed by atoms with Gasteiger partial charge in [-0.05, 0) is 30.5 Å². The fourth-order valence-electron chi connectivity index (χ4n) is 2.12. The molecule has 4 heteroatoms. The Kier molecular flexibility index (Phi) is 5.35. The molecule has 1 aliphatic rings. The normalized spacial score (nSPS) is 20.9. The quantitative estimate of drug-likeness (QED) is 0.860. The van der Waals surface area contributed by atoms with Gasteiger partial charge in [0, 0.05) is 24.2 Å². The van der Waals surface area contributed by atoms with Crippen molar-refractivity contribution in [3.8, 4) is 5.75 Å². The predicted octanol–water partition coefficient (Wildman–Crippen LogP) is 2.61. The molecule has 0 spiro atoms. The van der Waals surface area contributed by atoms with Crippen molar-refractivity contribution in [2.45, 2.75) is 24.2 Å². The molecule has 2 rings (SSSR count). The third kappa shape index (κ3) is 3.64. The number of thioether (sulfide) groups is 1. The second-order valence-corrected chi connectivity index (χ2v) is 5.70. The van der Waals surface area contributed by atoms with Crippen LogP contribution in [0.3, 0.4) is 0 Å². The summed E-state index contributed by atoms with van der Waals surface area (Å²) in [6.07, 6.45) is 2.80. The molecular formula is C14H21NO2S. The van der Waals surface area contributed by atoms with Crippen LogP contribution in [0.2, 0.25) is 0 Å². The number of ether oxygens (including phenoxy) is 2. The summed E-state index contributed by atoms with van der Waals surface area (Å²) in [5.41, 5.74) is 7.13. The fraction of sp³-hybridized carbons (Fsp3) is 0.571. The Morgan fingerprint density at radius 1 is 1.44 bits per heavy atom. The smallest absolute Gasteiger partial charge is 0.118 e. The standard InChI is InChI=1S/C14H21NO2S/c1-16-12-6-4-11(5-7-12)14(9-15)18-10-13-3-2-8-17-13/h4-7,13-14H,2-3,8-10,15H2,1H3. The molecule has 0 aromatic heterocycles. The molecule has 1 aromatic carbocycles. The second-order valence-electron chi connectivity index (χ2n) is 4.47. The Bertz CT molecular complexity index is 349. The molecule has 1 aliphatic heterocycles. The summed E-state index contributed by atoms with van der Waals surface area (Å²) in [7, 11) is 1.68. The number of hydrogen-bond acceptors (Lipinski definition) is 4. The van der Waals surface area contributed by atoms with Gasteiger partial charge in [-0.1, -0.05) is 12.1 Å². The van der Waals surface area contributed by atoms with Crippen molar-refractivity contribution in [2.24, 2.45) is 5.73 Å². The van der Waals surface area contributed by atoms with E-state index in [0.29, 0.717) is 17.9 Å². The first-order chi connectivity index (χ1) is 8.83. The zero-order valence-electron chi connectivity index (χ0n) is 10.8. The Morgan fingerprint density at radius 2 is 2.22 bits per heavy atom. The summed E-state index contributed by atoms with van der Waals surface area (Å²) >= 11 is 1.89. The van der Waals surface area contributed by atoms with Crippen molar-refractivity contribution in [3.63, 3.8) is 0 Å². The summed E-state index contributed by atoms with van der Waals surface area (Å²) in [6, 6.07) is 8.17. The van der Waals surface area contributed by atoms with Crippen molar-refractivity contribution in [1.29, 1.82) is 0 Å². The van der Waals surface area contributed by atoms with Gasteiger partial charge < -0.3 is 15.2 Å². The highest BCUT2D eigenvalue weighted by molar-refractivity contribution is 7.99. The van der Waals surface area contributed by atoms with Gasteiger partial charge in [0.2, 0.25) is 0 Å². The molecule has 2 N–H and O–H groups in total. The van der Waals surface area contributed by atoms with Crippen molar-refractivity contribution < 1.29 is 9.47 Å². The maximum atomic E-state index is 5.87. The molecule has 0 bridgehead atoms. The Labute approximate surface area is 113 Å². The highest BCUT2D eigenvalue weighted by Gasteiger charge is 2.18. The first-order valence-corrected chi connectivity index (χ1v) is 7.45. The van der Waals surface area contributed by atoms with E-state index in [1.54, 1.807) is 7.11 Å². The zero-order chi connectivity index (χ0) is 12.8. The molecule has 3 nitrogen and oxygen atoms in total. The molecule has 0 radical (unpaired) electrons. The van der Waals surface area contributed by atoms with Gasteiger partial charge in [0.1, 0.15) is 5.75 Å². The third-order valence-electron chi connectivity index (χ3n) is 3.21. The van der Waals surface area contributed by atoms with Crippen molar-refractivity contribution >= 4 is 11.8 Å². The Hall–Kier alpha value is -0.710. The van der Waals surface area contributed by atoms with E-state index in [2.05, 4.69) is 12.1 Å². The molecule has 1 fully saturated rings. The SMILES string of the molecule is COc1ccc(C(CN)SCC2CCCO2)cc1. The maximum absolute atomic E-state index is 5.87. The summed E-state index contributed by atoms with van der Waals surface area (Å²) in [5, 5.41) is 0.347. The molecule has 1 aromatic rings. The average molecular weight is 267 g/mol. The monoisotopic (exact) mass is 267 g/mol. The minimum Gasteiger partial charge on any atom is -0.497 e. The molecule has 0 saturated carbocycles. The van der Waals surface area contributed by atoms with Crippen LogP contribution in [-0.4, -0.2) is 32.1 Å². The van der Waals surface area contributed by atoms with E-state index >= 15 is 0 Å². The van der Waals surface area contributed by atoms with Crippen molar-refractivity contribution in [2.75, 3.05) is 26.0 Å². The van der Waals surface area contributed by atoms with Crippen LogP contribution in [0.1, 0.15) is 23.7 Å². The second kappa shape index (κ2) is 7.02. The predicted molar refractivity (Wildman–Crippen MR) is 76.2 cm³/mol. The van der Waals surface area contributed by atoms with Crippen LogP contribution in [0.25, 0.3) is 0 Å². The van der Waals surface area contributed by atoms with E-state index < -0.39 is 0 Å². The number of methoxy groups -OCH3 is 1. The Balaban J connectivity index is 1.89. The lowest BCUT2D eigenvalue weighted by Gasteiger charge is -2.17. The van der Waals surface area contributed by atoms with Crippen LogP contribution in [0, 0.1) is 0 Å². The fourth-order valence-corrected chi connectivity index (χ4v) is 3.31. The van der Waals surface area contributed by atoms with Gasteiger partial charge >= 0.3 is 0 Å². The lowest BCUT2D eigenvalue weighted by atomic mass is 10.1. The summed E-state index contributed by atoms with van der Waals surface area (Å²) in [4.78, 5) is 0. The third-order valence-corrected chi connectivity index (χ3v) is 4.64. The summed E-state index contributed by atoms with van der Waals surface area (Å²) < 4.78 is 10.8. The Morgan fingerprint density at radius 3 is 2.78 bits per heavy atom. The molecule has 2 atom stereocenters. The average Bonchev–Trinajstić information content (AvgIpc) is 2.93. The highest BCUT2D eigenvalue weighted by Crippen LogP contribution is 2.31. The largest absolute Gasteiger partial charge is 0.497 e. The molecule has 1 saturated heterocycles. The topological polar surface area (TPSA) is 44.5 Å². The van der Waals surface area contributed by atoms with E-state index in [1.165, 1.54) is 18.4 Å². The van der Waals surface area contributed by atoms with Gasteiger partial charge in [-0.3, -0.25) is 0 Å². The molecular weight excluding hydrogens is 246 g/mol. The van der Waals surface area contributed by atoms with E-state index in [0.717, 1.165) is 18.1 Å². The van der Waals surface area contributed by atoms with Gasteiger partial charge in [-0.2, -0.15) is 0 Å². The van der Waals surface area contributed by atoms with Gasteiger partial charge in [0.05, 0.1) is 13.2 Å². The van der Waals surface area contributed by atoms with Gasteiger partial charge in [0.25, 0.3) is 0 Å². The zero-order valence-corrected chi connectivity index (χ0v) is 11.6. The van der Waals surface area contributed by atoms with Crippen LogP contribution in [0.4, 0.5) is 0 Å².